The Kier molecular flexibility index (Phi) is 9.23. The third-order valence-electron chi connectivity index (χ3n) is 3.92. The Morgan fingerprint density at radius 3 is 2.56 bits per heavy atom. The average molecular weight is 252 g/mol. The summed E-state index contributed by atoms with van der Waals surface area (Å²) in [6.45, 7) is 7.42. The Labute approximate surface area is 114 Å². The van der Waals surface area contributed by atoms with E-state index in [9.17, 15) is 0 Å². The van der Waals surface area contributed by atoms with Gasteiger partial charge in [0.05, 0.1) is 0 Å². The molecule has 1 rings (SSSR count). The SMILES string of the molecule is C=CCCCCCCCCN1CCCC[C@H](N)C1. The minimum atomic E-state index is 0.423. The zero-order valence-electron chi connectivity index (χ0n) is 12.1. The van der Waals surface area contributed by atoms with Crippen LogP contribution in [0.15, 0.2) is 12.7 Å². The molecule has 2 N–H and O–H groups in total. The molecule has 0 spiro atoms. The molecule has 0 bridgehead atoms. The topological polar surface area (TPSA) is 29.3 Å². The summed E-state index contributed by atoms with van der Waals surface area (Å²) in [5, 5.41) is 0. The number of unbranched alkanes of at least 4 members (excludes halogenated alkanes) is 6. The highest BCUT2D eigenvalue weighted by molar-refractivity contribution is 4.73. The zero-order valence-corrected chi connectivity index (χ0v) is 12.1. The molecule has 1 saturated heterocycles. The standard InChI is InChI=1S/C16H32N2/c1-2-3-4-5-6-7-8-10-13-18-14-11-9-12-16(17)15-18/h2,16H,1,3-15,17H2/t16-/m0/s1. The van der Waals surface area contributed by atoms with Gasteiger partial charge in [-0.3, -0.25) is 0 Å². The van der Waals surface area contributed by atoms with Crippen molar-refractivity contribution in [2.45, 2.75) is 70.3 Å². The van der Waals surface area contributed by atoms with Crippen LogP contribution in [-0.4, -0.2) is 30.6 Å². The fraction of sp³-hybridized carbons (Fsp3) is 0.875. The van der Waals surface area contributed by atoms with E-state index in [0.717, 1.165) is 6.54 Å². The van der Waals surface area contributed by atoms with E-state index in [4.69, 9.17) is 5.73 Å². The van der Waals surface area contributed by atoms with Crippen molar-refractivity contribution in [3.8, 4) is 0 Å². The number of allylic oxidation sites excluding steroid dienone is 1. The van der Waals surface area contributed by atoms with Crippen molar-refractivity contribution >= 4 is 0 Å². The van der Waals surface area contributed by atoms with Gasteiger partial charge in [-0.1, -0.05) is 38.2 Å². The van der Waals surface area contributed by atoms with Crippen LogP contribution in [0.1, 0.15) is 64.2 Å². The zero-order chi connectivity index (χ0) is 13.1. The van der Waals surface area contributed by atoms with Gasteiger partial charge in [0.25, 0.3) is 0 Å². The second-order valence-corrected chi connectivity index (χ2v) is 5.76. The molecule has 0 unspecified atom stereocenters. The summed E-state index contributed by atoms with van der Waals surface area (Å²) >= 11 is 0. The van der Waals surface area contributed by atoms with Crippen molar-refractivity contribution in [2.24, 2.45) is 5.73 Å². The number of likely N-dealkylation sites (tertiary alicyclic amines) is 1. The molecule has 1 heterocycles. The Morgan fingerprint density at radius 1 is 1.06 bits per heavy atom. The van der Waals surface area contributed by atoms with Crippen LogP contribution >= 0.6 is 0 Å². The Bertz CT molecular complexity index is 203. The molecule has 0 aromatic rings. The molecule has 106 valence electrons. The molecule has 0 amide bonds. The minimum absolute atomic E-state index is 0.423. The van der Waals surface area contributed by atoms with E-state index < -0.39 is 0 Å². The number of hydrogen-bond donors (Lipinski definition) is 1. The number of hydrogen-bond acceptors (Lipinski definition) is 2. The maximum atomic E-state index is 6.07. The highest BCUT2D eigenvalue weighted by Crippen LogP contribution is 2.12. The van der Waals surface area contributed by atoms with Gasteiger partial charge in [-0.25, -0.2) is 0 Å². The summed E-state index contributed by atoms with van der Waals surface area (Å²) in [7, 11) is 0. The maximum absolute atomic E-state index is 6.07. The average Bonchev–Trinajstić information content (AvgIpc) is 2.57. The lowest BCUT2D eigenvalue weighted by molar-refractivity contribution is 0.266. The van der Waals surface area contributed by atoms with Crippen LogP contribution in [0.25, 0.3) is 0 Å². The van der Waals surface area contributed by atoms with Gasteiger partial charge in [0, 0.05) is 12.6 Å². The van der Waals surface area contributed by atoms with Gasteiger partial charge in [-0.2, -0.15) is 0 Å². The van der Waals surface area contributed by atoms with Crippen LogP contribution in [0.2, 0.25) is 0 Å². The summed E-state index contributed by atoms with van der Waals surface area (Å²) < 4.78 is 0. The van der Waals surface area contributed by atoms with E-state index in [1.54, 1.807) is 0 Å². The lowest BCUT2D eigenvalue weighted by Crippen LogP contribution is -2.36. The Balaban J connectivity index is 1.91. The second kappa shape index (κ2) is 10.6. The predicted octanol–water partition coefficient (Wildman–Crippen LogP) is 3.72. The number of rotatable bonds is 9. The molecule has 0 saturated carbocycles. The maximum Gasteiger partial charge on any atom is 0.0167 e. The third-order valence-corrected chi connectivity index (χ3v) is 3.92. The monoisotopic (exact) mass is 252 g/mol. The van der Waals surface area contributed by atoms with Crippen molar-refractivity contribution < 1.29 is 0 Å². The highest BCUT2D eigenvalue weighted by atomic mass is 15.1. The second-order valence-electron chi connectivity index (χ2n) is 5.76. The van der Waals surface area contributed by atoms with Crippen molar-refractivity contribution in [1.82, 2.24) is 4.90 Å². The lowest BCUT2D eigenvalue weighted by Gasteiger charge is -2.22. The molecule has 0 aromatic heterocycles. The molecule has 1 aliphatic heterocycles. The number of nitrogens with two attached hydrogens (primary N) is 1. The summed E-state index contributed by atoms with van der Waals surface area (Å²) in [5.41, 5.74) is 6.07. The Hall–Kier alpha value is -0.340. The first kappa shape index (κ1) is 15.7. The quantitative estimate of drug-likeness (QED) is 0.500. The van der Waals surface area contributed by atoms with Crippen LogP contribution < -0.4 is 5.73 Å². The van der Waals surface area contributed by atoms with Crippen LogP contribution in [0.5, 0.6) is 0 Å². The summed E-state index contributed by atoms with van der Waals surface area (Å²) in [6.07, 6.45) is 15.3. The summed E-state index contributed by atoms with van der Waals surface area (Å²) in [4.78, 5) is 2.58. The van der Waals surface area contributed by atoms with Gasteiger partial charge in [0.2, 0.25) is 0 Å². The molecular formula is C16H32N2. The molecule has 2 heteroatoms. The van der Waals surface area contributed by atoms with Gasteiger partial charge in [-0.05, 0) is 45.2 Å². The molecule has 0 aromatic carbocycles. The van der Waals surface area contributed by atoms with Crippen molar-refractivity contribution in [3.63, 3.8) is 0 Å². The minimum Gasteiger partial charge on any atom is -0.327 e. The van der Waals surface area contributed by atoms with E-state index >= 15 is 0 Å². The molecule has 1 atom stereocenters. The first-order valence-corrected chi connectivity index (χ1v) is 7.92. The molecule has 1 fully saturated rings. The summed E-state index contributed by atoms with van der Waals surface area (Å²) in [5.74, 6) is 0. The number of nitrogens with zero attached hydrogens (tertiary/aromatic N) is 1. The molecule has 1 aliphatic rings. The molecule has 0 aliphatic carbocycles. The molecule has 0 radical (unpaired) electrons. The van der Waals surface area contributed by atoms with E-state index in [2.05, 4.69) is 11.5 Å². The van der Waals surface area contributed by atoms with E-state index in [1.165, 1.54) is 77.3 Å². The smallest absolute Gasteiger partial charge is 0.0167 e. The van der Waals surface area contributed by atoms with Gasteiger partial charge < -0.3 is 10.6 Å². The fourth-order valence-electron chi connectivity index (χ4n) is 2.79. The third kappa shape index (κ3) is 7.88. The van der Waals surface area contributed by atoms with E-state index in [-0.39, 0.29) is 0 Å². The van der Waals surface area contributed by atoms with Gasteiger partial charge in [0.1, 0.15) is 0 Å². The van der Waals surface area contributed by atoms with Crippen molar-refractivity contribution in [3.05, 3.63) is 12.7 Å². The van der Waals surface area contributed by atoms with Crippen molar-refractivity contribution in [2.75, 3.05) is 19.6 Å². The Morgan fingerprint density at radius 2 is 1.78 bits per heavy atom. The van der Waals surface area contributed by atoms with E-state index in [1.807, 2.05) is 6.08 Å². The fourth-order valence-corrected chi connectivity index (χ4v) is 2.79. The lowest BCUT2D eigenvalue weighted by atomic mass is 10.1. The van der Waals surface area contributed by atoms with Crippen LogP contribution in [-0.2, 0) is 0 Å². The van der Waals surface area contributed by atoms with Gasteiger partial charge in [-0.15, -0.1) is 6.58 Å². The van der Waals surface area contributed by atoms with Gasteiger partial charge in [0.15, 0.2) is 0 Å². The van der Waals surface area contributed by atoms with Gasteiger partial charge >= 0.3 is 0 Å². The van der Waals surface area contributed by atoms with Crippen LogP contribution in [0.3, 0.4) is 0 Å². The molecule has 18 heavy (non-hydrogen) atoms. The predicted molar refractivity (Wildman–Crippen MR) is 80.8 cm³/mol. The largest absolute Gasteiger partial charge is 0.327 e. The first-order valence-electron chi connectivity index (χ1n) is 7.92. The molecule has 2 nitrogen and oxygen atoms in total. The normalized spacial score (nSPS) is 21.7. The van der Waals surface area contributed by atoms with Crippen LogP contribution in [0, 0.1) is 0 Å². The highest BCUT2D eigenvalue weighted by Gasteiger charge is 2.13. The van der Waals surface area contributed by atoms with Crippen molar-refractivity contribution in [1.29, 1.82) is 0 Å². The van der Waals surface area contributed by atoms with Crippen LogP contribution in [0.4, 0.5) is 0 Å². The summed E-state index contributed by atoms with van der Waals surface area (Å²) in [6, 6.07) is 0.423. The van der Waals surface area contributed by atoms with E-state index in [0.29, 0.717) is 6.04 Å². The first-order chi connectivity index (χ1) is 8.83. The molecular weight excluding hydrogens is 220 g/mol.